The molecule has 0 unspecified atom stereocenters. The van der Waals surface area contributed by atoms with Crippen LogP contribution < -0.4 is 19.7 Å². The van der Waals surface area contributed by atoms with E-state index < -0.39 is 0 Å². The van der Waals surface area contributed by atoms with Gasteiger partial charge in [0, 0.05) is 24.3 Å². The van der Waals surface area contributed by atoms with E-state index in [2.05, 4.69) is 10.5 Å². The van der Waals surface area contributed by atoms with Gasteiger partial charge in [-0.05, 0) is 63.1 Å². The van der Waals surface area contributed by atoms with E-state index in [4.69, 9.17) is 14.0 Å². The summed E-state index contributed by atoms with van der Waals surface area (Å²) in [5, 5.41) is 6.66. The fourth-order valence-electron chi connectivity index (χ4n) is 3.79. The summed E-state index contributed by atoms with van der Waals surface area (Å²) in [5.74, 6) is 0.893. The second-order valence-corrected chi connectivity index (χ2v) is 7.77. The highest BCUT2D eigenvalue weighted by Crippen LogP contribution is 2.30. The van der Waals surface area contributed by atoms with Crippen molar-refractivity contribution < 1.29 is 23.2 Å². The van der Waals surface area contributed by atoms with Gasteiger partial charge in [-0.25, -0.2) is 4.39 Å². The van der Waals surface area contributed by atoms with Gasteiger partial charge in [0.15, 0.2) is 11.5 Å². The van der Waals surface area contributed by atoms with E-state index in [1.54, 1.807) is 30.3 Å². The molecule has 168 valence electrons. The molecule has 1 N–H and O–H groups in total. The Bertz CT molecular complexity index is 1100. The molecule has 8 heteroatoms. The quantitative estimate of drug-likeness (QED) is 0.566. The molecule has 1 aliphatic rings. The first kappa shape index (κ1) is 21.7. The number of nitrogens with one attached hydrogen (secondary N) is 1. The van der Waals surface area contributed by atoms with E-state index in [0.29, 0.717) is 34.2 Å². The van der Waals surface area contributed by atoms with Crippen LogP contribution in [0, 0.1) is 19.7 Å². The molecular weight excluding hydrogens is 413 g/mol. The number of rotatable bonds is 7. The molecule has 4 rings (SSSR count). The number of aryl methyl sites for hydroxylation is 2. The van der Waals surface area contributed by atoms with E-state index in [0.717, 1.165) is 37.2 Å². The van der Waals surface area contributed by atoms with Crippen LogP contribution in [0.15, 0.2) is 40.9 Å². The number of aromatic nitrogens is 1. The average molecular weight is 439 g/mol. The van der Waals surface area contributed by atoms with Crippen molar-refractivity contribution in [2.75, 3.05) is 30.4 Å². The Kier molecular flexibility index (Phi) is 6.30. The summed E-state index contributed by atoms with van der Waals surface area (Å²) in [6.07, 6.45) is 2.13. The molecule has 1 aliphatic heterocycles. The van der Waals surface area contributed by atoms with Gasteiger partial charge in [0.05, 0.1) is 24.1 Å². The van der Waals surface area contributed by atoms with Crippen LogP contribution in [-0.4, -0.2) is 31.3 Å². The second kappa shape index (κ2) is 9.30. The fourth-order valence-corrected chi connectivity index (χ4v) is 3.79. The molecule has 3 aromatic rings. The van der Waals surface area contributed by atoms with Crippen molar-refractivity contribution in [3.05, 3.63) is 64.8 Å². The number of carbonyl (C=O) groups excluding carboxylic acids is 1. The number of hydrogen-bond acceptors (Lipinski definition) is 6. The van der Waals surface area contributed by atoms with Gasteiger partial charge in [-0.2, -0.15) is 0 Å². The lowest BCUT2D eigenvalue weighted by Crippen LogP contribution is -2.19. The minimum atomic E-state index is -0.367. The Morgan fingerprint density at radius 1 is 1.16 bits per heavy atom. The summed E-state index contributed by atoms with van der Waals surface area (Å²) in [6.45, 7) is 5.65. The number of nitrogens with zero attached hydrogens (tertiary/aromatic N) is 2. The zero-order valence-corrected chi connectivity index (χ0v) is 18.4. The summed E-state index contributed by atoms with van der Waals surface area (Å²) in [4.78, 5) is 14.7. The van der Waals surface area contributed by atoms with E-state index in [1.807, 2.05) is 18.7 Å². The Hall–Kier alpha value is -3.55. The highest BCUT2D eigenvalue weighted by Gasteiger charge is 2.18. The third-order valence-electron chi connectivity index (χ3n) is 5.63. The maximum Gasteiger partial charge on any atom is 0.255 e. The molecule has 0 radical (unpaired) electrons. The number of halogens is 1. The standard InChI is InChI=1S/C24H26FN3O4/c1-15-19(16(2)32-27-15)14-31-22-9-6-17(12-23(22)30-3)24(29)26-18-7-8-21(20(25)13-18)28-10-4-5-11-28/h6-9,12-13H,4-5,10-11,14H2,1-3H3,(H,26,29). The second-order valence-electron chi connectivity index (χ2n) is 7.77. The van der Waals surface area contributed by atoms with Crippen molar-refractivity contribution in [2.24, 2.45) is 0 Å². The van der Waals surface area contributed by atoms with Gasteiger partial charge in [0.25, 0.3) is 5.91 Å². The van der Waals surface area contributed by atoms with Crippen LogP contribution >= 0.6 is 0 Å². The van der Waals surface area contributed by atoms with Gasteiger partial charge >= 0.3 is 0 Å². The first-order valence-corrected chi connectivity index (χ1v) is 10.5. The van der Waals surface area contributed by atoms with Crippen molar-refractivity contribution in [2.45, 2.75) is 33.3 Å². The highest BCUT2D eigenvalue weighted by molar-refractivity contribution is 6.04. The van der Waals surface area contributed by atoms with Crippen LogP contribution in [0.3, 0.4) is 0 Å². The molecule has 2 heterocycles. The lowest BCUT2D eigenvalue weighted by Gasteiger charge is -2.19. The molecule has 0 spiro atoms. The minimum absolute atomic E-state index is 0.270. The van der Waals surface area contributed by atoms with Gasteiger partial charge < -0.3 is 24.2 Å². The van der Waals surface area contributed by atoms with Gasteiger partial charge in [-0.3, -0.25) is 4.79 Å². The van der Waals surface area contributed by atoms with Crippen LogP contribution in [0.2, 0.25) is 0 Å². The molecule has 1 fully saturated rings. The average Bonchev–Trinajstić information content (AvgIpc) is 3.42. The van der Waals surface area contributed by atoms with E-state index in [9.17, 15) is 9.18 Å². The molecule has 1 amide bonds. The number of amides is 1. The van der Waals surface area contributed by atoms with E-state index >= 15 is 0 Å². The molecule has 2 aromatic carbocycles. The van der Waals surface area contributed by atoms with E-state index in [-0.39, 0.29) is 18.3 Å². The first-order valence-electron chi connectivity index (χ1n) is 10.5. The zero-order valence-electron chi connectivity index (χ0n) is 18.4. The Morgan fingerprint density at radius 2 is 1.94 bits per heavy atom. The Morgan fingerprint density at radius 3 is 2.59 bits per heavy atom. The number of carbonyl (C=O) groups is 1. The van der Waals surface area contributed by atoms with Crippen LogP contribution in [0.4, 0.5) is 15.8 Å². The summed E-state index contributed by atoms with van der Waals surface area (Å²) in [5.41, 5.74) is 2.97. The van der Waals surface area contributed by atoms with Gasteiger partial charge in [0.1, 0.15) is 18.2 Å². The molecule has 0 saturated carbocycles. The highest BCUT2D eigenvalue weighted by atomic mass is 19.1. The van der Waals surface area contributed by atoms with Crippen molar-refractivity contribution in [1.82, 2.24) is 5.16 Å². The van der Waals surface area contributed by atoms with Crippen molar-refractivity contribution in [3.63, 3.8) is 0 Å². The summed E-state index contributed by atoms with van der Waals surface area (Å²) < 4.78 is 30.9. The molecule has 0 aliphatic carbocycles. The predicted molar refractivity (Wildman–Crippen MR) is 119 cm³/mol. The molecule has 1 aromatic heterocycles. The summed E-state index contributed by atoms with van der Waals surface area (Å²) in [6, 6.07) is 9.67. The Balaban J connectivity index is 1.45. The zero-order chi connectivity index (χ0) is 22.7. The molecule has 32 heavy (non-hydrogen) atoms. The summed E-state index contributed by atoms with van der Waals surface area (Å²) in [7, 11) is 1.51. The predicted octanol–water partition coefficient (Wildman–Crippen LogP) is 4.87. The van der Waals surface area contributed by atoms with Gasteiger partial charge in [0.2, 0.25) is 0 Å². The lowest BCUT2D eigenvalue weighted by atomic mass is 10.1. The SMILES string of the molecule is COc1cc(C(=O)Nc2ccc(N3CCCC3)c(F)c2)ccc1OCc1c(C)noc1C. The molecular formula is C24H26FN3O4. The van der Waals surface area contributed by atoms with Crippen molar-refractivity contribution in [1.29, 1.82) is 0 Å². The van der Waals surface area contributed by atoms with Crippen LogP contribution in [0.25, 0.3) is 0 Å². The molecule has 7 nitrogen and oxygen atoms in total. The van der Waals surface area contributed by atoms with Crippen molar-refractivity contribution in [3.8, 4) is 11.5 Å². The van der Waals surface area contributed by atoms with Crippen LogP contribution in [0.5, 0.6) is 11.5 Å². The van der Waals surface area contributed by atoms with Crippen molar-refractivity contribution >= 4 is 17.3 Å². The fraction of sp³-hybridized carbons (Fsp3) is 0.333. The number of methoxy groups -OCH3 is 1. The minimum Gasteiger partial charge on any atom is -0.493 e. The number of hydrogen-bond donors (Lipinski definition) is 1. The van der Waals surface area contributed by atoms with Gasteiger partial charge in [-0.15, -0.1) is 0 Å². The Labute approximate surface area is 186 Å². The molecule has 0 bridgehead atoms. The molecule has 0 atom stereocenters. The lowest BCUT2D eigenvalue weighted by molar-refractivity contribution is 0.102. The normalized spacial score (nSPS) is 13.3. The topological polar surface area (TPSA) is 76.8 Å². The number of anilines is 2. The maximum atomic E-state index is 14.5. The first-order chi connectivity index (χ1) is 15.5. The smallest absolute Gasteiger partial charge is 0.255 e. The third-order valence-corrected chi connectivity index (χ3v) is 5.63. The third kappa shape index (κ3) is 4.54. The summed E-state index contributed by atoms with van der Waals surface area (Å²) >= 11 is 0. The van der Waals surface area contributed by atoms with Gasteiger partial charge in [-0.1, -0.05) is 5.16 Å². The van der Waals surface area contributed by atoms with Crippen LogP contribution in [-0.2, 0) is 6.61 Å². The number of ether oxygens (including phenoxy) is 2. The van der Waals surface area contributed by atoms with Crippen LogP contribution in [0.1, 0.15) is 40.2 Å². The maximum absolute atomic E-state index is 14.5. The monoisotopic (exact) mass is 439 g/mol. The number of benzene rings is 2. The van der Waals surface area contributed by atoms with E-state index in [1.165, 1.54) is 13.2 Å². The molecule has 1 saturated heterocycles. The largest absolute Gasteiger partial charge is 0.493 e.